The maximum atomic E-state index is 12.7. The Bertz CT molecular complexity index is 980. The first-order valence-electron chi connectivity index (χ1n) is 9.91. The van der Waals surface area contributed by atoms with Crippen LogP contribution in [0.1, 0.15) is 47.1 Å². The molecule has 1 heterocycles. The third kappa shape index (κ3) is 5.28. The summed E-state index contributed by atoms with van der Waals surface area (Å²) in [6.45, 7) is 11.6. The SMILES string of the molecule is CCOC(=O)c1c(NC(=O)/C(C#N)=C/c2ccc(N(CC)CC)cc2)sc(C)c1C. The van der Waals surface area contributed by atoms with Crippen LogP contribution in [0.25, 0.3) is 6.08 Å². The van der Waals surface area contributed by atoms with Gasteiger partial charge in [-0.25, -0.2) is 4.79 Å². The number of amides is 1. The summed E-state index contributed by atoms with van der Waals surface area (Å²) in [6, 6.07) is 9.64. The van der Waals surface area contributed by atoms with Crippen molar-refractivity contribution in [1.82, 2.24) is 0 Å². The number of ether oxygens (including phenoxy) is 1. The number of esters is 1. The van der Waals surface area contributed by atoms with E-state index in [4.69, 9.17) is 4.74 Å². The monoisotopic (exact) mass is 425 g/mol. The van der Waals surface area contributed by atoms with E-state index in [0.717, 1.165) is 34.8 Å². The summed E-state index contributed by atoms with van der Waals surface area (Å²) in [5, 5.41) is 12.6. The highest BCUT2D eigenvalue weighted by Gasteiger charge is 2.23. The second kappa shape index (κ2) is 10.6. The summed E-state index contributed by atoms with van der Waals surface area (Å²) >= 11 is 1.29. The summed E-state index contributed by atoms with van der Waals surface area (Å²) < 4.78 is 5.11. The lowest BCUT2D eigenvalue weighted by Crippen LogP contribution is -2.21. The minimum atomic E-state index is -0.558. The number of carbonyl (C=O) groups is 2. The lowest BCUT2D eigenvalue weighted by molar-refractivity contribution is -0.112. The minimum absolute atomic E-state index is 0.0379. The number of nitriles is 1. The maximum absolute atomic E-state index is 12.7. The Balaban J connectivity index is 2.27. The first kappa shape index (κ1) is 23.2. The first-order chi connectivity index (χ1) is 14.4. The fraction of sp³-hybridized carbons (Fsp3) is 0.348. The molecule has 6 nitrogen and oxygen atoms in total. The van der Waals surface area contributed by atoms with Crippen molar-refractivity contribution < 1.29 is 14.3 Å². The van der Waals surface area contributed by atoms with Crippen LogP contribution in [-0.4, -0.2) is 31.6 Å². The van der Waals surface area contributed by atoms with Crippen LogP contribution < -0.4 is 10.2 Å². The fourth-order valence-electron chi connectivity index (χ4n) is 3.02. The summed E-state index contributed by atoms with van der Waals surface area (Å²) in [5.74, 6) is -1.04. The Labute approximate surface area is 181 Å². The van der Waals surface area contributed by atoms with Crippen LogP contribution in [0.2, 0.25) is 0 Å². The average molecular weight is 426 g/mol. The van der Waals surface area contributed by atoms with Crippen molar-refractivity contribution in [2.45, 2.75) is 34.6 Å². The van der Waals surface area contributed by atoms with Crippen molar-refractivity contribution in [1.29, 1.82) is 5.26 Å². The summed E-state index contributed by atoms with van der Waals surface area (Å²) in [5.41, 5.74) is 2.91. The Morgan fingerprint density at radius 1 is 1.17 bits per heavy atom. The third-order valence-corrected chi connectivity index (χ3v) is 5.91. The molecular weight excluding hydrogens is 398 g/mol. The van der Waals surface area contributed by atoms with Gasteiger partial charge in [0, 0.05) is 23.7 Å². The summed E-state index contributed by atoms with van der Waals surface area (Å²) in [4.78, 5) is 28.1. The zero-order valence-corrected chi connectivity index (χ0v) is 18.9. The molecule has 1 N–H and O–H groups in total. The van der Waals surface area contributed by atoms with Gasteiger partial charge in [-0.05, 0) is 64.0 Å². The lowest BCUT2D eigenvalue weighted by atomic mass is 10.1. The van der Waals surface area contributed by atoms with Crippen LogP contribution in [0.15, 0.2) is 29.8 Å². The molecule has 0 unspecified atom stereocenters. The van der Waals surface area contributed by atoms with Crippen molar-refractivity contribution >= 4 is 40.0 Å². The largest absolute Gasteiger partial charge is 0.462 e. The summed E-state index contributed by atoms with van der Waals surface area (Å²) in [6.07, 6.45) is 1.54. The van der Waals surface area contributed by atoms with Gasteiger partial charge in [-0.2, -0.15) is 5.26 Å². The Morgan fingerprint density at radius 2 is 1.80 bits per heavy atom. The number of hydrogen-bond donors (Lipinski definition) is 1. The third-order valence-electron chi connectivity index (χ3n) is 4.79. The molecule has 158 valence electrons. The van der Waals surface area contributed by atoms with E-state index < -0.39 is 11.9 Å². The average Bonchev–Trinajstić information content (AvgIpc) is 3.01. The van der Waals surface area contributed by atoms with Crippen molar-refractivity contribution in [2.24, 2.45) is 0 Å². The molecule has 0 atom stereocenters. The zero-order valence-electron chi connectivity index (χ0n) is 18.0. The molecule has 30 heavy (non-hydrogen) atoms. The number of thiophene rings is 1. The van der Waals surface area contributed by atoms with E-state index in [1.807, 2.05) is 44.2 Å². The molecule has 1 aromatic carbocycles. The molecule has 1 amide bonds. The van der Waals surface area contributed by atoms with Crippen LogP contribution in [0.4, 0.5) is 10.7 Å². The van der Waals surface area contributed by atoms with Crippen LogP contribution >= 0.6 is 11.3 Å². The number of aryl methyl sites for hydroxylation is 1. The molecule has 2 rings (SSSR count). The second-order valence-electron chi connectivity index (χ2n) is 6.60. The highest BCUT2D eigenvalue weighted by Crippen LogP contribution is 2.33. The molecule has 1 aromatic heterocycles. The quantitative estimate of drug-likeness (QED) is 0.368. The van der Waals surface area contributed by atoms with Gasteiger partial charge in [0.2, 0.25) is 0 Å². The fourth-order valence-corrected chi connectivity index (χ4v) is 4.06. The standard InChI is InChI=1S/C23H27N3O3S/c1-6-26(7-2)19-11-9-17(10-12-19)13-18(14-24)21(27)25-22-20(23(28)29-8-3)15(4)16(5)30-22/h9-13H,6-8H2,1-5H3,(H,25,27)/b18-13+. The lowest BCUT2D eigenvalue weighted by Gasteiger charge is -2.20. The van der Waals surface area contributed by atoms with Crippen LogP contribution in [0.3, 0.4) is 0 Å². The van der Waals surface area contributed by atoms with E-state index in [2.05, 4.69) is 24.1 Å². The maximum Gasteiger partial charge on any atom is 0.341 e. The molecule has 2 aromatic rings. The van der Waals surface area contributed by atoms with E-state index in [9.17, 15) is 14.9 Å². The minimum Gasteiger partial charge on any atom is -0.462 e. The molecule has 0 fully saturated rings. The van der Waals surface area contributed by atoms with Gasteiger partial charge in [0.25, 0.3) is 5.91 Å². The Kier molecular flexibility index (Phi) is 8.19. The number of nitrogens with one attached hydrogen (secondary N) is 1. The number of hydrogen-bond acceptors (Lipinski definition) is 6. The van der Waals surface area contributed by atoms with Crippen LogP contribution in [0.5, 0.6) is 0 Å². The van der Waals surface area contributed by atoms with Gasteiger partial charge >= 0.3 is 5.97 Å². The number of rotatable bonds is 8. The van der Waals surface area contributed by atoms with Crippen molar-refractivity contribution in [3.63, 3.8) is 0 Å². The number of benzene rings is 1. The van der Waals surface area contributed by atoms with Gasteiger partial charge in [-0.3, -0.25) is 4.79 Å². The molecule has 7 heteroatoms. The molecule has 0 aliphatic heterocycles. The van der Waals surface area contributed by atoms with Crippen molar-refractivity contribution in [3.8, 4) is 6.07 Å². The summed E-state index contributed by atoms with van der Waals surface area (Å²) in [7, 11) is 0. The normalized spacial score (nSPS) is 11.0. The van der Waals surface area contributed by atoms with Crippen molar-refractivity contribution in [3.05, 3.63) is 51.4 Å². The van der Waals surface area contributed by atoms with Crippen LogP contribution in [-0.2, 0) is 9.53 Å². The van der Waals surface area contributed by atoms with Gasteiger partial charge in [0.1, 0.15) is 16.6 Å². The molecule has 0 saturated heterocycles. The second-order valence-corrected chi connectivity index (χ2v) is 7.82. The molecule has 0 bridgehead atoms. The van der Waals surface area contributed by atoms with E-state index in [1.165, 1.54) is 11.3 Å². The molecule has 0 spiro atoms. The van der Waals surface area contributed by atoms with E-state index in [0.29, 0.717) is 10.6 Å². The van der Waals surface area contributed by atoms with Crippen LogP contribution in [0, 0.1) is 25.2 Å². The number of carbonyl (C=O) groups excluding carboxylic acids is 2. The molecule has 0 radical (unpaired) electrons. The Hall–Kier alpha value is -3.11. The highest BCUT2D eigenvalue weighted by atomic mass is 32.1. The smallest absolute Gasteiger partial charge is 0.341 e. The molecule has 0 aliphatic rings. The first-order valence-corrected chi connectivity index (χ1v) is 10.7. The van der Waals surface area contributed by atoms with E-state index in [-0.39, 0.29) is 12.2 Å². The Morgan fingerprint density at radius 3 is 2.33 bits per heavy atom. The molecule has 0 aliphatic carbocycles. The topological polar surface area (TPSA) is 82.4 Å². The van der Waals surface area contributed by atoms with Gasteiger partial charge < -0.3 is 15.0 Å². The predicted molar refractivity (Wildman–Crippen MR) is 122 cm³/mol. The number of anilines is 2. The van der Waals surface area contributed by atoms with Gasteiger partial charge in [-0.15, -0.1) is 11.3 Å². The molecular formula is C23H27N3O3S. The van der Waals surface area contributed by atoms with Gasteiger partial charge in [-0.1, -0.05) is 12.1 Å². The zero-order chi connectivity index (χ0) is 22.3. The number of nitrogens with zero attached hydrogens (tertiary/aromatic N) is 2. The van der Waals surface area contributed by atoms with E-state index in [1.54, 1.807) is 13.0 Å². The predicted octanol–water partition coefficient (Wildman–Crippen LogP) is 4.93. The molecule has 0 saturated carbocycles. The van der Waals surface area contributed by atoms with Gasteiger partial charge in [0.05, 0.1) is 12.2 Å². The highest BCUT2D eigenvalue weighted by molar-refractivity contribution is 7.16. The van der Waals surface area contributed by atoms with E-state index >= 15 is 0 Å². The van der Waals surface area contributed by atoms with Gasteiger partial charge in [0.15, 0.2) is 0 Å². The van der Waals surface area contributed by atoms with Crippen molar-refractivity contribution in [2.75, 3.05) is 29.9 Å².